The van der Waals surface area contributed by atoms with Crippen LogP contribution in [-0.2, 0) is 15.1 Å². The summed E-state index contributed by atoms with van der Waals surface area (Å²) < 4.78 is 19.4. The maximum atomic E-state index is 14.0. The van der Waals surface area contributed by atoms with Gasteiger partial charge in [-0.05, 0) is 25.3 Å². The number of hydrogen-bond donors (Lipinski definition) is 1. The smallest absolute Gasteiger partial charge is 0.220 e. The lowest BCUT2D eigenvalue weighted by Crippen LogP contribution is -2.40. The number of carbonyl (C=O) groups is 1. The normalized spacial score (nSPS) is 18.1. The Morgan fingerprint density at radius 2 is 2.05 bits per heavy atom. The number of carbonyl (C=O) groups excluding carboxylic acids is 1. The van der Waals surface area contributed by atoms with E-state index in [0.717, 1.165) is 6.42 Å². The summed E-state index contributed by atoms with van der Waals surface area (Å²) in [4.78, 5) is 12.0. The Labute approximate surface area is 132 Å². The topological polar surface area (TPSA) is 38.3 Å². The van der Waals surface area contributed by atoms with Crippen molar-refractivity contribution in [3.8, 4) is 0 Å². The molecule has 4 heteroatoms. The van der Waals surface area contributed by atoms with Crippen molar-refractivity contribution >= 4 is 5.91 Å². The molecule has 1 fully saturated rings. The van der Waals surface area contributed by atoms with E-state index < -0.39 is 5.60 Å². The fourth-order valence-corrected chi connectivity index (χ4v) is 3.16. The van der Waals surface area contributed by atoms with Crippen LogP contribution in [0.3, 0.4) is 0 Å². The largest absolute Gasteiger partial charge is 0.372 e. The van der Waals surface area contributed by atoms with Gasteiger partial charge in [-0.25, -0.2) is 4.39 Å². The van der Waals surface area contributed by atoms with Crippen molar-refractivity contribution < 1.29 is 13.9 Å². The molecule has 1 aromatic rings. The molecule has 0 heterocycles. The monoisotopic (exact) mass is 307 g/mol. The number of benzene rings is 1. The first-order valence-corrected chi connectivity index (χ1v) is 8.12. The van der Waals surface area contributed by atoms with Crippen molar-refractivity contribution in [3.63, 3.8) is 0 Å². The molecule has 1 aliphatic carbocycles. The number of nitrogens with one attached hydrogen (secondary N) is 1. The molecule has 0 radical (unpaired) electrons. The van der Waals surface area contributed by atoms with Crippen LogP contribution >= 0.6 is 0 Å². The second kappa shape index (κ2) is 7.73. The lowest BCUT2D eigenvalue weighted by Gasteiger charge is -2.29. The quantitative estimate of drug-likeness (QED) is 0.832. The van der Waals surface area contributed by atoms with Gasteiger partial charge in [-0.2, -0.15) is 0 Å². The summed E-state index contributed by atoms with van der Waals surface area (Å²) in [5.41, 5.74) is -0.387. The lowest BCUT2D eigenvalue weighted by molar-refractivity contribution is -0.123. The van der Waals surface area contributed by atoms with Crippen molar-refractivity contribution in [1.29, 1.82) is 0 Å². The number of amides is 1. The number of rotatable bonds is 7. The summed E-state index contributed by atoms with van der Waals surface area (Å²) >= 11 is 0. The van der Waals surface area contributed by atoms with Gasteiger partial charge in [-0.1, -0.05) is 43.9 Å². The van der Waals surface area contributed by atoms with Crippen LogP contribution in [0.25, 0.3) is 0 Å². The van der Waals surface area contributed by atoms with E-state index in [1.807, 2.05) is 0 Å². The molecule has 1 unspecified atom stereocenters. The van der Waals surface area contributed by atoms with E-state index in [2.05, 4.69) is 5.32 Å². The van der Waals surface area contributed by atoms with Crippen LogP contribution in [0.4, 0.5) is 4.39 Å². The van der Waals surface area contributed by atoms with Gasteiger partial charge in [-0.15, -0.1) is 0 Å². The summed E-state index contributed by atoms with van der Waals surface area (Å²) in [5.74, 6) is 0.407. The predicted octanol–water partition coefficient (Wildman–Crippen LogP) is 3.77. The summed E-state index contributed by atoms with van der Waals surface area (Å²) in [6.07, 6.45) is 6.58. The molecule has 2 rings (SSSR count). The SMILES string of the molecule is COC(C)(CNC(=O)CCC1CCCC1)c1ccccc1F. The molecule has 1 N–H and O–H groups in total. The highest BCUT2D eigenvalue weighted by Gasteiger charge is 2.29. The summed E-state index contributed by atoms with van der Waals surface area (Å²) in [5, 5.41) is 2.89. The third-order valence-corrected chi connectivity index (χ3v) is 4.77. The zero-order chi connectivity index (χ0) is 16.0. The molecule has 0 aromatic heterocycles. The van der Waals surface area contributed by atoms with Gasteiger partial charge in [-0.3, -0.25) is 4.79 Å². The molecule has 1 amide bonds. The third-order valence-electron chi connectivity index (χ3n) is 4.77. The maximum Gasteiger partial charge on any atom is 0.220 e. The highest BCUT2D eigenvalue weighted by atomic mass is 19.1. The molecule has 122 valence electrons. The first-order chi connectivity index (χ1) is 10.5. The third kappa shape index (κ3) is 4.29. The number of ether oxygens (including phenoxy) is 1. The van der Waals surface area contributed by atoms with Crippen molar-refractivity contribution in [2.24, 2.45) is 5.92 Å². The highest BCUT2D eigenvalue weighted by molar-refractivity contribution is 5.75. The van der Waals surface area contributed by atoms with E-state index in [4.69, 9.17) is 4.74 Å². The summed E-state index contributed by atoms with van der Waals surface area (Å²) in [6.45, 7) is 2.07. The molecular formula is C18H26FNO2. The van der Waals surface area contributed by atoms with Gasteiger partial charge < -0.3 is 10.1 Å². The Kier molecular flexibility index (Phi) is 5.95. The number of methoxy groups -OCH3 is 1. The minimum atomic E-state index is -0.853. The van der Waals surface area contributed by atoms with Crippen LogP contribution in [0.2, 0.25) is 0 Å². The van der Waals surface area contributed by atoms with E-state index in [9.17, 15) is 9.18 Å². The molecule has 1 saturated carbocycles. The van der Waals surface area contributed by atoms with Crippen LogP contribution in [-0.4, -0.2) is 19.6 Å². The van der Waals surface area contributed by atoms with Crippen molar-refractivity contribution in [3.05, 3.63) is 35.6 Å². The van der Waals surface area contributed by atoms with Crippen LogP contribution in [0.5, 0.6) is 0 Å². The van der Waals surface area contributed by atoms with Gasteiger partial charge in [0.15, 0.2) is 0 Å². The first-order valence-electron chi connectivity index (χ1n) is 8.12. The highest BCUT2D eigenvalue weighted by Crippen LogP contribution is 2.29. The van der Waals surface area contributed by atoms with Gasteiger partial charge in [0.25, 0.3) is 0 Å². The van der Waals surface area contributed by atoms with E-state index >= 15 is 0 Å². The second-order valence-corrected chi connectivity index (χ2v) is 6.38. The lowest BCUT2D eigenvalue weighted by atomic mass is 9.94. The maximum absolute atomic E-state index is 14.0. The van der Waals surface area contributed by atoms with Crippen LogP contribution in [0.15, 0.2) is 24.3 Å². The van der Waals surface area contributed by atoms with E-state index in [1.54, 1.807) is 25.1 Å². The minimum Gasteiger partial charge on any atom is -0.372 e. The molecule has 3 nitrogen and oxygen atoms in total. The van der Waals surface area contributed by atoms with Crippen LogP contribution in [0, 0.1) is 11.7 Å². The van der Waals surface area contributed by atoms with Gasteiger partial charge in [0.1, 0.15) is 11.4 Å². The van der Waals surface area contributed by atoms with Gasteiger partial charge in [0.2, 0.25) is 5.91 Å². The molecule has 0 spiro atoms. The van der Waals surface area contributed by atoms with E-state index in [-0.39, 0.29) is 18.3 Å². The van der Waals surface area contributed by atoms with E-state index in [1.165, 1.54) is 38.9 Å². The van der Waals surface area contributed by atoms with Gasteiger partial charge >= 0.3 is 0 Å². The standard InChI is InChI=1S/C18H26FNO2/c1-18(22-2,15-9-5-6-10-16(15)19)13-20-17(21)12-11-14-7-3-4-8-14/h5-6,9-10,14H,3-4,7-8,11-13H2,1-2H3,(H,20,21). The molecule has 1 aliphatic rings. The Hall–Kier alpha value is -1.42. The fourth-order valence-electron chi connectivity index (χ4n) is 3.16. The molecule has 0 aliphatic heterocycles. The van der Waals surface area contributed by atoms with Crippen LogP contribution < -0.4 is 5.32 Å². The van der Waals surface area contributed by atoms with Crippen LogP contribution in [0.1, 0.15) is 51.0 Å². The molecule has 0 saturated heterocycles. The molecule has 0 bridgehead atoms. The average molecular weight is 307 g/mol. The minimum absolute atomic E-state index is 0.0199. The Morgan fingerprint density at radius 3 is 2.68 bits per heavy atom. The van der Waals surface area contributed by atoms with Crippen molar-refractivity contribution in [2.75, 3.05) is 13.7 Å². The van der Waals surface area contributed by atoms with Crippen molar-refractivity contribution in [2.45, 2.75) is 51.0 Å². The van der Waals surface area contributed by atoms with E-state index in [0.29, 0.717) is 17.9 Å². The summed E-state index contributed by atoms with van der Waals surface area (Å²) in [7, 11) is 1.54. The second-order valence-electron chi connectivity index (χ2n) is 6.38. The van der Waals surface area contributed by atoms with Gasteiger partial charge in [0, 0.05) is 19.1 Å². The molecular weight excluding hydrogens is 281 g/mol. The zero-order valence-electron chi connectivity index (χ0n) is 13.5. The fraction of sp³-hybridized carbons (Fsp3) is 0.611. The summed E-state index contributed by atoms with van der Waals surface area (Å²) in [6, 6.07) is 6.53. The average Bonchev–Trinajstić information content (AvgIpc) is 3.04. The predicted molar refractivity (Wildman–Crippen MR) is 85.0 cm³/mol. The molecule has 1 aromatic carbocycles. The Balaban J connectivity index is 1.87. The first kappa shape index (κ1) is 16.9. The number of hydrogen-bond acceptors (Lipinski definition) is 2. The van der Waals surface area contributed by atoms with Crippen molar-refractivity contribution in [1.82, 2.24) is 5.32 Å². The van der Waals surface area contributed by atoms with Gasteiger partial charge in [0.05, 0.1) is 6.54 Å². The number of halogens is 1. The Bertz CT molecular complexity index is 500. The zero-order valence-corrected chi connectivity index (χ0v) is 13.5. The molecule has 22 heavy (non-hydrogen) atoms. The molecule has 1 atom stereocenters. The Morgan fingerprint density at radius 1 is 1.36 bits per heavy atom.